The van der Waals surface area contributed by atoms with Gasteiger partial charge in [-0.1, -0.05) is 34.1 Å². The molecular formula is C11H24N2O. The molecule has 1 atom stereocenters. The van der Waals surface area contributed by atoms with Crippen molar-refractivity contribution >= 4 is 6.03 Å². The highest BCUT2D eigenvalue weighted by Gasteiger charge is 2.10. The Labute approximate surface area is 87.9 Å². The third-order valence-electron chi connectivity index (χ3n) is 2.29. The van der Waals surface area contributed by atoms with Gasteiger partial charge in [-0.15, -0.1) is 0 Å². The molecule has 0 bridgehead atoms. The van der Waals surface area contributed by atoms with Crippen LogP contribution >= 0.6 is 0 Å². The van der Waals surface area contributed by atoms with Crippen LogP contribution in [0.2, 0.25) is 0 Å². The minimum atomic E-state index is 0.0407. The first-order valence-electron chi connectivity index (χ1n) is 5.46. The SMILES string of the molecule is CCC(C)CN(C)C(=O)NCC(C)C. The molecule has 3 heteroatoms. The number of rotatable bonds is 5. The van der Waals surface area contributed by atoms with Crippen LogP contribution in [-0.2, 0) is 0 Å². The quantitative estimate of drug-likeness (QED) is 0.726. The lowest BCUT2D eigenvalue weighted by Crippen LogP contribution is -2.40. The molecule has 0 heterocycles. The van der Waals surface area contributed by atoms with Crippen LogP contribution in [0.15, 0.2) is 0 Å². The minimum absolute atomic E-state index is 0.0407. The highest BCUT2D eigenvalue weighted by Crippen LogP contribution is 2.02. The average molecular weight is 200 g/mol. The molecule has 0 aliphatic heterocycles. The fourth-order valence-corrected chi connectivity index (χ4v) is 1.11. The Morgan fingerprint density at radius 2 is 1.93 bits per heavy atom. The van der Waals surface area contributed by atoms with Crippen LogP contribution < -0.4 is 5.32 Å². The number of carbonyl (C=O) groups is 1. The number of amides is 2. The lowest BCUT2D eigenvalue weighted by Gasteiger charge is -2.21. The minimum Gasteiger partial charge on any atom is -0.338 e. The smallest absolute Gasteiger partial charge is 0.317 e. The van der Waals surface area contributed by atoms with Gasteiger partial charge in [0.05, 0.1) is 0 Å². The van der Waals surface area contributed by atoms with Gasteiger partial charge in [-0.25, -0.2) is 4.79 Å². The van der Waals surface area contributed by atoms with E-state index in [2.05, 4.69) is 33.0 Å². The molecule has 1 unspecified atom stereocenters. The Balaban J connectivity index is 3.76. The van der Waals surface area contributed by atoms with E-state index in [-0.39, 0.29) is 6.03 Å². The second-order valence-corrected chi connectivity index (χ2v) is 4.47. The largest absolute Gasteiger partial charge is 0.338 e. The molecule has 0 aromatic heterocycles. The summed E-state index contributed by atoms with van der Waals surface area (Å²) in [5.74, 6) is 1.08. The van der Waals surface area contributed by atoms with Crippen LogP contribution in [0.1, 0.15) is 34.1 Å². The Hall–Kier alpha value is -0.730. The summed E-state index contributed by atoms with van der Waals surface area (Å²) in [6.07, 6.45) is 1.11. The summed E-state index contributed by atoms with van der Waals surface area (Å²) in [7, 11) is 1.85. The molecule has 0 saturated heterocycles. The third-order valence-corrected chi connectivity index (χ3v) is 2.29. The molecule has 0 aromatic rings. The number of urea groups is 1. The molecule has 0 aliphatic rings. The van der Waals surface area contributed by atoms with E-state index in [9.17, 15) is 4.79 Å². The summed E-state index contributed by atoms with van der Waals surface area (Å²) < 4.78 is 0. The van der Waals surface area contributed by atoms with Gasteiger partial charge in [-0.3, -0.25) is 0 Å². The molecule has 2 amide bonds. The van der Waals surface area contributed by atoms with Crippen LogP contribution in [0.5, 0.6) is 0 Å². The van der Waals surface area contributed by atoms with Crippen molar-refractivity contribution in [1.82, 2.24) is 10.2 Å². The lowest BCUT2D eigenvalue weighted by atomic mass is 10.1. The first-order chi connectivity index (χ1) is 6.47. The Morgan fingerprint density at radius 1 is 1.36 bits per heavy atom. The molecule has 84 valence electrons. The van der Waals surface area contributed by atoms with Gasteiger partial charge < -0.3 is 10.2 Å². The monoisotopic (exact) mass is 200 g/mol. The van der Waals surface area contributed by atoms with Crippen LogP contribution in [0, 0.1) is 11.8 Å². The molecule has 14 heavy (non-hydrogen) atoms. The first kappa shape index (κ1) is 13.3. The molecule has 0 saturated carbocycles. The summed E-state index contributed by atoms with van der Waals surface area (Å²) in [4.78, 5) is 13.3. The van der Waals surface area contributed by atoms with E-state index >= 15 is 0 Å². The van der Waals surface area contributed by atoms with Crippen LogP contribution in [-0.4, -0.2) is 31.1 Å². The van der Waals surface area contributed by atoms with Crippen molar-refractivity contribution < 1.29 is 4.79 Å². The summed E-state index contributed by atoms with van der Waals surface area (Å²) in [5.41, 5.74) is 0. The molecule has 0 fully saturated rings. The van der Waals surface area contributed by atoms with E-state index in [0.29, 0.717) is 11.8 Å². The molecule has 1 N–H and O–H groups in total. The maximum absolute atomic E-state index is 11.5. The number of hydrogen-bond acceptors (Lipinski definition) is 1. The van der Waals surface area contributed by atoms with Gasteiger partial charge in [0.15, 0.2) is 0 Å². The molecule has 0 spiro atoms. The topological polar surface area (TPSA) is 32.3 Å². The van der Waals surface area contributed by atoms with Gasteiger partial charge >= 0.3 is 6.03 Å². The molecule has 0 aromatic carbocycles. The number of nitrogens with zero attached hydrogens (tertiary/aromatic N) is 1. The summed E-state index contributed by atoms with van der Waals surface area (Å²) in [5, 5.41) is 2.90. The standard InChI is InChI=1S/C11H24N2O/c1-6-10(4)8-13(5)11(14)12-7-9(2)3/h9-10H,6-8H2,1-5H3,(H,12,14). The Morgan fingerprint density at radius 3 is 2.36 bits per heavy atom. The van der Waals surface area contributed by atoms with Crippen LogP contribution in [0.25, 0.3) is 0 Å². The van der Waals surface area contributed by atoms with Gasteiger partial charge in [0.2, 0.25) is 0 Å². The van der Waals surface area contributed by atoms with Gasteiger partial charge in [-0.2, -0.15) is 0 Å². The van der Waals surface area contributed by atoms with Crippen molar-refractivity contribution in [3.63, 3.8) is 0 Å². The van der Waals surface area contributed by atoms with Crippen LogP contribution in [0.3, 0.4) is 0 Å². The third kappa shape index (κ3) is 5.84. The van der Waals surface area contributed by atoms with E-state index < -0.39 is 0 Å². The Kier molecular flexibility index (Phi) is 6.34. The fourth-order valence-electron chi connectivity index (χ4n) is 1.11. The molecule has 0 radical (unpaired) electrons. The van der Waals surface area contributed by atoms with E-state index in [0.717, 1.165) is 19.5 Å². The van der Waals surface area contributed by atoms with Crippen molar-refractivity contribution in [2.45, 2.75) is 34.1 Å². The van der Waals surface area contributed by atoms with Gasteiger partial charge in [-0.05, 0) is 11.8 Å². The van der Waals surface area contributed by atoms with Crippen molar-refractivity contribution in [2.24, 2.45) is 11.8 Å². The summed E-state index contributed by atoms with van der Waals surface area (Å²) in [6.45, 7) is 10.1. The Bertz CT molecular complexity index is 169. The highest BCUT2D eigenvalue weighted by molar-refractivity contribution is 5.73. The lowest BCUT2D eigenvalue weighted by molar-refractivity contribution is 0.200. The van der Waals surface area contributed by atoms with Crippen molar-refractivity contribution in [3.05, 3.63) is 0 Å². The number of nitrogens with one attached hydrogen (secondary N) is 1. The summed E-state index contributed by atoms with van der Waals surface area (Å²) in [6, 6.07) is 0.0407. The van der Waals surface area contributed by atoms with Crippen molar-refractivity contribution in [1.29, 1.82) is 0 Å². The molecule has 0 aliphatic carbocycles. The zero-order valence-electron chi connectivity index (χ0n) is 10.1. The van der Waals surface area contributed by atoms with E-state index in [1.54, 1.807) is 4.90 Å². The van der Waals surface area contributed by atoms with E-state index in [4.69, 9.17) is 0 Å². The van der Waals surface area contributed by atoms with Crippen molar-refractivity contribution in [2.75, 3.05) is 20.1 Å². The predicted molar refractivity (Wildman–Crippen MR) is 60.3 cm³/mol. The van der Waals surface area contributed by atoms with Gasteiger partial charge in [0.25, 0.3) is 0 Å². The first-order valence-corrected chi connectivity index (χ1v) is 5.46. The second-order valence-electron chi connectivity index (χ2n) is 4.47. The van der Waals surface area contributed by atoms with E-state index in [1.807, 2.05) is 7.05 Å². The molecule has 0 rings (SSSR count). The summed E-state index contributed by atoms with van der Waals surface area (Å²) >= 11 is 0. The van der Waals surface area contributed by atoms with E-state index in [1.165, 1.54) is 0 Å². The van der Waals surface area contributed by atoms with Crippen molar-refractivity contribution in [3.8, 4) is 0 Å². The molecule has 3 nitrogen and oxygen atoms in total. The number of carbonyl (C=O) groups excluding carboxylic acids is 1. The maximum atomic E-state index is 11.5. The van der Waals surface area contributed by atoms with Gasteiger partial charge in [0, 0.05) is 20.1 Å². The molecular weight excluding hydrogens is 176 g/mol. The predicted octanol–water partition coefficient (Wildman–Crippen LogP) is 2.33. The normalized spacial score (nSPS) is 12.7. The fraction of sp³-hybridized carbons (Fsp3) is 0.909. The zero-order valence-corrected chi connectivity index (χ0v) is 10.1. The number of hydrogen-bond donors (Lipinski definition) is 1. The van der Waals surface area contributed by atoms with Crippen LogP contribution in [0.4, 0.5) is 4.79 Å². The second kappa shape index (κ2) is 6.68. The highest BCUT2D eigenvalue weighted by atomic mass is 16.2. The van der Waals surface area contributed by atoms with Gasteiger partial charge in [0.1, 0.15) is 0 Å². The maximum Gasteiger partial charge on any atom is 0.317 e. The average Bonchev–Trinajstić information content (AvgIpc) is 2.13. The zero-order chi connectivity index (χ0) is 11.1.